The number of alkyl carbamates (subject to hydrolysis) is 1. The van der Waals surface area contributed by atoms with Crippen LogP contribution in [0.15, 0.2) is 67.1 Å². The number of likely N-dealkylation sites (tertiary alicyclic amines) is 1. The molecule has 1 aromatic heterocycles. The molecule has 1 aromatic carbocycles. The van der Waals surface area contributed by atoms with Gasteiger partial charge >= 0.3 is 6.09 Å². The number of pyridine rings is 1. The van der Waals surface area contributed by atoms with Gasteiger partial charge in [0, 0.05) is 41.9 Å². The van der Waals surface area contributed by atoms with Gasteiger partial charge in [-0.25, -0.2) is 14.0 Å². The number of primary amides is 1. The van der Waals surface area contributed by atoms with Crippen LogP contribution in [0.25, 0.3) is 16.8 Å². The third-order valence-corrected chi connectivity index (χ3v) is 10.1. The zero-order chi connectivity index (χ0) is 38.5. The number of nitrogens with two attached hydrogens (primary N) is 1. The maximum atomic E-state index is 13.2. The first-order valence-electron chi connectivity index (χ1n) is 17.3. The average molecular weight is 757 g/mol. The summed E-state index contributed by atoms with van der Waals surface area (Å²) in [4.78, 5) is 68.8. The van der Waals surface area contributed by atoms with Crippen molar-refractivity contribution in [1.82, 2.24) is 25.4 Å². The zero-order valence-electron chi connectivity index (χ0n) is 29.6. The number of nitrogens with zero attached hydrogens (tertiary/aromatic N) is 3. The quantitative estimate of drug-likeness (QED) is 0.0773. The minimum Gasteiger partial charge on any atom is -0.493 e. The van der Waals surface area contributed by atoms with Gasteiger partial charge in [0.1, 0.15) is 18.1 Å². The Morgan fingerprint density at radius 2 is 2.02 bits per heavy atom. The number of allylic oxidation sites excluding steroid dienone is 1. The van der Waals surface area contributed by atoms with Crippen LogP contribution in [0.2, 0.25) is 0 Å². The molecule has 5 rings (SSSR count). The van der Waals surface area contributed by atoms with Gasteiger partial charge in [0.15, 0.2) is 11.1 Å². The number of fused-ring (bicyclic) bond motifs is 1. The summed E-state index contributed by atoms with van der Waals surface area (Å²) >= 11 is -1.51. The van der Waals surface area contributed by atoms with Crippen LogP contribution in [0.4, 0.5) is 4.79 Å². The van der Waals surface area contributed by atoms with E-state index in [4.69, 9.17) is 15.0 Å². The molecule has 0 radical (unpaired) electrons. The largest absolute Gasteiger partial charge is 0.493 e. The van der Waals surface area contributed by atoms with Gasteiger partial charge < -0.3 is 40.6 Å². The average Bonchev–Trinajstić information content (AvgIpc) is 4.06. The van der Waals surface area contributed by atoms with Crippen LogP contribution >= 0.6 is 0 Å². The summed E-state index contributed by atoms with van der Waals surface area (Å²) in [6.07, 6.45) is 13.5. The highest BCUT2D eigenvalue weighted by Gasteiger charge is 2.59. The van der Waals surface area contributed by atoms with Crippen molar-refractivity contribution >= 4 is 57.7 Å². The van der Waals surface area contributed by atoms with E-state index in [1.807, 2.05) is 36.4 Å². The van der Waals surface area contributed by atoms with Crippen molar-refractivity contribution in [2.45, 2.75) is 61.8 Å². The van der Waals surface area contributed by atoms with E-state index in [1.54, 1.807) is 25.4 Å². The second-order valence-electron chi connectivity index (χ2n) is 13.0. The Kier molecular flexibility index (Phi) is 14.5. The Balaban J connectivity index is 0.00000159. The molecule has 15 nitrogen and oxygen atoms in total. The summed E-state index contributed by atoms with van der Waals surface area (Å²) in [7, 11) is 1.61. The van der Waals surface area contributed by atoms with E-state index in [-0.39, 0.29) is 40.4 Å². The standard InChI is InChI=1S/C34H40N6O7.C3H6O2S.3H2/c1-3-28(41)39(2)17-7-6-11-25-21-34(25,32(35)45)38-31(44)27-12-9-18-40(27)29(42)22-37-33(46)47-19-8-4-5-10-23-13-14-24-15-16-36-30(43)26(24)20-23;4-6(5)3-1-2-3;;;/h3,5,7,10-11,13-16,20,25,27H,1,4,8-9,12,17-19,21-22H2,2H3,(H2,35,45)(H,36,43)(H,37,46)(H,38,44);3H,1-2H2,(H,4,5);3*1H/b10-5+;;;;/t6?,25-,27+,34-;;;;/m1..../s1. The number of carbonyl (C=O) groups is 5. The van der Waals surface area contributed by atoms with E-state index in [9.17, 15) is 33.3 Å². The molecule has 290 valence electrons. The van der Waals surface area contributed by atoms with Crippen LogP contribution < -0.4 is 16.4 Å². The maximum Gasteiger partial charge on any atom is 0.407 e. The lowest BCUT2D eigenvalue weighted by Crippen LogP contribution is -2.55. The van der Waals surface area contributed by atoms with Gasteiger partial charge in [-0.15, -0.1) is 5.73 Å². The molecule has 1 unspecified atom stereocenters. The molecule has 6 N–H and O–H groups in total. The molecule has 4 atom stereocenters. The summed E-state index contributed by atoms with van der Waals surface area (Å²) < 4.78 is 23.2. The minimum atomic E-state index is -1.51. The van der Waals surface area contributed by atoms with Crippen LogP contribution in [-0.4, -0.2) is 108 Å². The normalized spacial score (nSPS) is 20.6. The van der Waals surface area contributed by atoms with Gasteiger partial charge in [-0.1, -0.05) is 30.9 Å². The third kappa shape index (κ3) is 11.6. The van der Waals surface area contributed by atoms with Crippen molar-refractivity contribution in [3.05, 3.63) is 72.6 Å². The van der Waals surface area contributed by atoms with Crippen LogP contribution in [0.1, 0.15) is 54.8 Å². The number of carbonyl (C=O) groups excluding carboxylic acids is 5. The summed E-state index contributed by atoms with van der Waals surface area (Å²) in [5.74, 6) is -2.25. The number of ether oxygens (including phenoxy) is 1. The Bertz CT molecular complexity index is 1840. The first-order valence-corrected chi connectivity index (χ1v) is 18.5. The molecule has 5 amide bonds. The fourth-order valence-electron chi connectivity index (χ4n) is 5.67. The highest BCUT2D eigenvalue weighted by Crippen LogP contribution is 2.44. The zero-order valence-corrected chi connectivity index (χ0v) is 30.4. The summed E-state index contributed by atoms with van der Waals surface area (Å²) in [5, 5.41) is 16.8. The predicted octanol–water partition coefficient (Wildman–Crippen LogP) is 3.28. The fourth-order valence-corrected chi connectivity index (χ4v) is 6.21. The van der Waals surface area contributed by atoms with E-state index in [1.165, 1.54) is 15.9 Å². The van der Waals surface area contributed by atoms with Crippen molar-refractivity contribution in [1.29, 1.82) is 0 Å². The summed E-state index contributed by atoms with van der Waals surface area (Å²) in [5.41, 5.74) is 8.21. The lowest BCUT2D eigenvalue weighted by Gasteiger charge is -2.26. The number of aromatic nitrogens is 1. The molecular weight excluding hydrogens is 705 g/mol. The molecule has 53 heavy (non-hydrogen) atoms. The number of unbranched alkanes of at least 4 members (excludes halogenated alkanes) is 1. The summed E-state index contributed by atoms with van der Waals surface area (Å²) in [6, 6.07) is 6.70. The van der Waals surface area contributed by atoms with Crippen molar-refractivity contribution < 1.29 is 46.9 Å². The van der Waals surface area contributed by atoms with E-state index >= 15 is 0 Å². The van der Waals surface area contributed by atoms with Gasteiger partial charge in [-0.05, 0) is 86.3 Å². The molecule has 16 heteroatoms. The molecule has 0 spiro atoms. The monoisotopic (exact) mass is 756 g/mol. The minimum absolute atomic E-state index is 0. The number of hydrogen-bond donors (Lipinski definition) is 5. The molecule has 3 aliphatic rings. The van der Waals surface area contributed by atoms with Crippen LogP contribution in [-0.2, 0) is 35.0 Å². The smallest absolute Gasteiger partial charge is 0.407 e. The van der Waals surface area contributed by atoms with Gasteiger partial charge in [0.05, 0.1) is 11.9 Å². The van der Waals surface area contributed by atoms with Gasteiger partial charge in [-0.2, -0.15) is 0 Å². The molecule has 2 aromatic rings. The van der Waals surface area contributed by atoms with Crippen LogP contribution in [0.3, 0.4) is 0 Å². The number of benzene rings is 1. The number of hydrogen-bond acceptors (Lipinski definition) is 9. The fraction of sp³-hybridized carbons (Fsp3) is 0.432. The lowest BCUT2D eigenvalue weighted by molar-refractivity contribution is -0.139. The molecular formula is C37H52N6O9S. The van der Waals surface area contributed by atoms with Gasteiger partial charge in [0.2, 0.25) is 29.5 Å². The molecule has 2 saturated carbocycles. The van der Waals surface area contributed by atoms with Gasteiger partial charge in [-0.3, -0.25) is 19.2 Å². The summed E-state index contributed by atoms with van der Waals surface area (Å²) in [6.45, 7) is 3.86. The molecule has 1 saturated heterocycles. The lowest BCUT2D eigenvalue weighted by atomic mass is 10.1. The van der Waals surface area contributed by atoms with Crippen molar-refractivity contribution in [3.63, 3.8) is 0 Å². The van der Waals surface area contributed by atoms with Crippen molar-refractivity contribution in [2.75, 3.05) is 33.3 Å². The van der Waals surface area contributed by atoms with Crippen LogP contribution in [0, 0.1) is 5.92 Å². The number of nitrogens with one attached hydrogen (secondary N) is 2. The molecule has 2 heterocycles. The highest BCUT2D eigenvalue weighted by molar-refractivity contribution is 7.80. The first kappa shape index (κ1) is 40.5. The predicted molar refractivity (Wildman–Crippen MR) is 205 cm³/mol. The molecule has 3 fully saturated rings. The highest BCUT2D eigenvalue weighted by atomic mass is 32.2. The number of aromatic hydroxyl groups is 1. The SMILES string of the molecule is C=CC(=O)N(C)CC=C=C[C@@H]1C[C@]1(NC(=O)[C@@H]1CCCN1C(=O)CNC(=O)OCCC/C=C/c1ccc2ccnc(O)c2c1)C(N)=O.O=S(O)C1CC1.[HH].[HH].[HH]. The number of likely N-dealkylation sites (N-methyl/N-ethyl adjacent to an activating group) is 1. The van der Waals surface area contributed by atoms with E-state index in [0.29, 0.717) is 50.6 Å². The Hall–Kier alpha value is -5.31. The number of rotatable bonds is 15. The Morgan fingerprint density at radius 3 is 2.70 bits per heavy atom. The second-order valence-corrected chi connectivity index (χ2v) is 14.2. The van der Waals surface area contributed by atoms with E-state index < -0.39 is 46.5 Å². The van der Waals surface area contributed by atoms with Gasteiger partial charge in [0.25, 0.3) is 0 Å². The molecule has 1 aliphatic heterocycles. The molecule has 0 bridgehead atoms. The van der Waals surface area contributed by atoms with Crippen molar-refractivity contribution in [3.8, 4) is 5.88 Å². The number of amides is 5. The Labute approximate surface area is 314 Å². The second kappa shape index (κ2) is 19.0. The van der Waals surface area contributed by atoms with E-state index in [2.05, 4.69) is 27.9 Å². The Morgan fingerprint density at radius 1 is 1.25 bits per heavy atom. The maximum absolute atomic E-state index is 13.2. The van der Waals surface area contributed by atoms with Crippen molar-refractivity contribution in [2.24, 2.45) is 11.7 Å². The molecule has 2 aliphatic carbocycles. The first-order chi connectivity index (χ1) is 25.4. The van der Waals surface area contributed by atoms with Crippen LogP contribution in [0.5, 0.6) is 5.88 Å². The topological polar surface area (TPSA) is 222 Å². The third-order valence-electron chi connectivity index (χ3n) is 9.03. The van der Waals surface area contributed by atoms with E-state index in [0.717, 1.165) is 23.8 Å².